The van der Waals surface area contributed by atoms with Crippen LogP contribution in [0.2, 0.25) is 0 Å². The lowest BCUT2D eigenvalue weighted by atomic mass is 10.1. The van der Waals surface area contributed by atoms with Crippen molar-refractivity contribution < 1.29 is 4.79 Å². The molecule has 0 aromatic rings. The lowest BCUT2D eigenvalue weighted by Gasteiger charge is -2.11. The van der Waals surface area contributed by atoms with Crippen molar-refractivity contribution in [3.05, 3.63) is 0 Å². The average molecular weight is 226 g/mol. The minimum absolute atomic E-state index is 0.160. The van der Waals surface area contributed by atoms with Crippen molar-refractivity contribution in [1.82, 2.24) is 0 Å². The second-order valence-corrected chi connectivity index (χ2v) is 5.20. The van der Waals surface area contributed by atoms with Gasteiger partial charge in [-0.25, -0.2) is 0 Å². The molecule has 0 aromatic heterocycles. The maximum Gasteiger partial charge on any atom is 0.137 e. The van der Waals surface area contributed by atoms with Gasteiger partial charge in [0.1, 0.15) is 5.78 Å². The molecule has 0 aromatic carbocycles. The van der Waals surface area contributed by atoms with Gasteiger partial charge in [-0.2, -0.15) is 11.8 Å². The topological polar surface area (TPSA) is 17.1 Å². The first-order valence-electron chi connectivity index (χ1n) is 5.65. The second-order valence-electron chi connectivity index (χ2n) is 4.12. The van der Waals surface area contributed by atoms with E-state index in [0.29, 0.717) is 18.6 Å². The Balaban J connectivity index is 3.60. The fourth-order valence-electron chi connectivity index (χ4n) is 1.10. The summed E-state index contributed by atoms with van der Waals surface area (Å²) < 4.78 is 0. The van der Waals surface area contributed by atoms with Crippen LogP contribution in [0.25, 0.3) is 0 Å². The molecule has 2 heteroatoms. The van der Waals surface area contributed by atoms with Crippen LogP contribution in [-0.2, 0) is 4.79 Å². The Morgan fingerprint density at radius 2 is 2.07 bits per heavy atom. The van der Waals surface area contributed by atoms with Crippen LogP contribution in [0.1, 0.15) is 40.0 Å². The van der Waals surface area contributed by atoms with Gasteiger partial charge in [-0.3, -0.25) is 4.79 Å². The van der Waals surface area contributed by atoms with Gasteiger partial charge in [0.2, 0.25) is 0 Å². The molecule has 86 valence electrons. The molecule has 0 spiro atoms. The standard InChI is InChI=1S/C13H22OS/c1-5-7-8-13(14)12(4)10-15-9-11(3)6-2/h1,11-12H,6-10H2,2-4H3/t11-,12-/m0/s1. The van der Waals surface area contributed by atoms with Crippen molar-refractivity contribution in [2.24, 2.45) is 11.8 Å². The first-order valence-corrected chi connectivity index (χ1v) is 6.81. The summed E-state index contributed by atoms with van der Waals surface area (Å²) in [4.78, 5) is 11.5. The third-order valence-electron chi connectivity index (χ3n) is 2.53. The highest BCUT2D eigenvalue weighted by atomic mass is 32.2. The molecule has 1 nitrogen and oxygen atoms in total. The van der Waals surface area contributed by atoms with Gasteiger partial charge in [0.05, 0.1) is 0 Å². The van der Waals surface area contributed by atoms with Crippen LogP contribution in [0.5, 0.6) is 0 Å². The maximum atomic E-state index is 11.5. The predicted molar refractivity (Wildman–Crippen MR) is 69.0 cm³/mol. The molecule has 0 N–H and O–H groups in total. The fourth-order valence-corrected chi connectivity index (χ4v) is 2.41. The van der Waals surface area contributed by atoms with Crippen LogP contribution in [0.15, 0.2) is 0 Å². The number of carbonyl (C=O) groups excluding carboxylic acids is 1. The van der Waals surface area contributed by atoms with Crippen molar-refractivity contribution >= 4 is 17.5 Å². The summed E-state index contributed by atoms with van der Waals surface area (Å²) in [5, 5.41) is 0. The molecule has 15 heavy (non-hydrogen) atoms. The molecule has 0 saturated carbocycles. The summed E-state index contributed by atoms with van der Waals surface area (Å²) in [5.74, 6) is 5.83. The molecular weight excluding hydrogens is 204 g/mol. The van der Waals surface area contributed by atoms with E-state index in [4.69, 9.17) is 6.42 Å². The number of hydrogen-bond donors (Lipinski definition) is 0. The number of Topliss-reactive ketones (excluding diaryl/α,β-unsaturated/α-hetero) is 1. The van der Waals surface area contributed by atoms with E-state index in [1.807, 2.05) is 18.7 Å². The number of ketones is 1. The van der Waals surface area contributed by atoms with Gasteiger partial charge in [-0.05, 0) is 11.7 Å². The number of carbonyl (C=O) groups is 1. The van der Waals surface area contributed by atoms with Gasteiger partial charge in [0.25, 0.3) is 0 Å². The first kappa shape index (κ1) is 14.6. The minimum atomic E-state index is 0.160. The van der Waals surface area contributed by atoms with Crippen molar-refractivity contribution in [2.45, 2.75) is 40.0 Å². The summed E-state index contributed by atoms with van der Waals surface area (Å²) in [6.07, 6.45) is 7.47. The molecule has 0 amide bonds. The molecule has 0 unspecified atom stereocenters. The molecule has 0 bridgehead atoms. The van der Waals surface area contributed by atoms with Crippen LogP contribution in [0, 0.1) is 24.2 Å². The predicted octanol–water partition coefficient (Wildman–Crippen LogP) is 3.38. The Kier molecular flexibility index (Phi) is 8.61. The van der Waals surface area contributed by atoms with E-state index < -0.39 is 0 Å². The van der Waals surface area contributed by atoms with Crippen LogP contribution in [0.4, 0.5) is 0 Å². The largest absolute Gasteiger partial charge is 0.299 e. The fraction of sp³-hybridized carbons (Fsp3) is 0.769. The Bertz CT molecular complexity index is 217. The van der Waals surface area contributed by atoms with E-state index in [0.717, 1.165) is 17.4 Å². The normalized spacial score (nSPS) is 14.3. The summed E-state index contributed by atoms with van der Waals surface area (Å²) in [6, 6.07) is 0. The molecule has 2 atom stereocenters. The van der Waals surface area contributed by atoms with Gasteiger partial charge in [-0.1, -0.05) is 27.2 Å². The highest BCUT2D eigenvalue weighted by molar-refractivity contribution is 7.99. The molecule has 0 aliphatic carbocycles. The molecule has 0 heterocycles. The van der Waals surface area contributed by atoms with E-state index in [1.165, 1.54) is 6.42 Å². The molecule has 0 rings (SSSR count). The smallest absolute Gasteiger partial charge is 0.137 e. The quantitative estimate of drug-likeness (QED) is 0.590. The summed E-state index contributed by atoms with van der Waals surface area (Å²) in [6.45, 7) is 6.45. The molecule has 0 radical (unpaired) electrons. The lowest BCUT2D eigenvalue weighted by molar-refractivity contribution is -0.121. The third kappa shape index (κ3) is 7.50. The van der Waals surface area contributed by atoms with Crippen molar-refractivity contribution in [2.75, 3.05) is 11.5 Å². The minimum Gasteiger partial charge on any atom is -0.299 e. The van der Waals surface area contributed by atoms with Gasteiger partial charge in [0.15, 0.2) is 0 Å². The Morgan fingerprint density at radius 3 is 2.60 bits per heavy atom. The maximum absolute atomic E-state index is 11.5. The van der Waals surface area contributed by atoms with Gasteiger partial charge in [0, 0.05) is 24.5 Å². The number of thioether (sulfide) groups is 1. The summed E-state index contributed by atoms with van der Waals surface area (Å²) in [7, 11) is 0. The number of terminal acetylenes is 1. The highest BCUT2D eigenvalue weighted by Crippen LogP contribution is 2.16. The van der Waals surface area contributed by atoms with E-state index in [-0.39, 0.29) is 5.92 Å². The van der Waals surface area contributed by atoms with E-state index in [2.05, 4.69) is 19.8 Å². The van der Waals surface area contributed by atoms with Gasteiger partial charge < -0.3 is 0 Å². The SMILES string of the molecule is C#CCCC(=O)[C@@H](C)CSC[C@@H](C)CC. The van der Waals surface area contributed by atoms with Crippen LogP contribution >= 0.6 is 11.8 Å². The lowest BCUT2D eigenvalue weighted by Crippen LogP contribution is -2.13. The van der Waals surface area contributed by atoms with Crippen molar-refractivity contribution in [3.63, 3.8) is 0 Å². The van der Waals surface area contributed by atoms with E-state index >= 15 is 0 Å². The number of hydrogen-bond acceptors (Lipinski definition) is 2. The zero-order valence-electron chi connectivity index (χ0n) is 10.1. The van der Waals surface area contributed by atoms with Crippen molar-refractivity contribution in [3.8, 4) is 12.3 Å². The molecule has 0 aliphatic heterocycles. The van der Waals surface area contributed by atoms with Gasteiger partial charge in [-0.15, -0.1) is 12.3 Å². The number of rotatable bonds is 8. The molecule has 0 fully saturated rings. The molecule has 0 saturated heterocycles. The highest BCUT2D eigenvalue weighted by Gasteiger charge is 2.12. The Labute approximate surface area is 98.4 Å². The van der Waals surface area contributed by atoms with Crippen LogP contribution < -0.4 is 0 Å². The summed E-state index contributed by atoms with van der Waals surface area (Å²) >= 11 is 1.88. The van der Waals surface area contributed by atoms with Gasteiger partial charge >= 0.3 is 0 Å². The molecular formula is C13H22OS. The van der Waals surface area contributed by atoms with Crippen molar-refractivity contribution in [1.29, 1.82) is 0 Å². The monoisotopic (exact) mass is 226 g/mol. The Morgan fingerprint density at radius 1 is 1.40 bits per heavy atom. The van der Waals surface area contributed by atoms with Crippen LogP contribution in [0.3, 0.4) is 0 Å². The first-order chi connectivity index (χ1) is 7.11. The Hall–Kier alpha value is -0.420. The average Bonchev–Trinajstić information content (AvgIpc) is 2.25. The molecule has 0 aliphatic rings. The second kappa shape index (κ2) is 8.85. The van der Waals surface area contributed by atoms with E-state index in [9.17, 15) is 4.79 Å². The third-order valence-corrected chi connectivity index (χ3v) is 4.07. The zero-order chi connectivity index (χ0) is 11.7. The summed E-state index contributed by atoms with van der Waals surface area (Å²) in [5.41, 5.74) is 0. The van der Waals surface area contributed by atoms with Crippen LogP contribution in [-0.4, -0.2) is 17.3 Å². The zero-order valence-corrected chi connectivity index (χ0v) is 10.9. The van der Waals surface area contributed by atoms with E-state index in [1.54, 1.807) is 0 Å².